The molecule has 0 atom stereocenters. The summed E-state index contributed by atoms with van der Waals surface area (Å²) in [6.07, 6.45) is 2.66. The molecule has 116 valence electrons. The van der Waals surface area contributed by atoms with Gasteiger partial charge in [-0.15, -0.1) is 0 Å². The number of nitrogens with zero attached hydrogens (tertiary/aromatic N) is 3. The summed E-state index contributed by atoms with van der Waals surface area (Å²) in [6, 6.07) is 3.16. The highest BCUT2D eigenvalue weighted by Gasteiger charge is 2.21. The van der Waals surface area contributed by atoms with Gasteiger partial charge in [-0.1, -0.05) is 32.5 Å². The van der Waals surface area contributed by atoms with Crippen LogP contribution in [-0.2, 0) is 12.0 Å². The molecule has 0 spiro atoms. The second-order valence-electron chi connectivity index (χ2n) is 6.46. The number of pyridine rings is 1. The molecule has 3 rings (SSSR count). The van der Waals surface area contributed by atoms with Gasteiger partial charge in [-0.05, 0) is 12.5 Å². The molecule has 0 radical (unpaired) electrons. The fraction of sp³-hybridized carbons (Fsp3) is 0.438. The van der Waals surface area contributed by atoms with Gasteiger partial charge in [0.15, 0.2) is 5.16 Å². The SMILES string of the molecule is CC(C)(C)c1ncc(-c2cc(=O)n3c(n2)SCCC3)cc1O. The van der Waals surface area contributed by atoms with E-state index in [1.54, 1.807) is 28.6 Å². The fourth-order valence-electron chi connectivity index (χ4n) is 2.51. The molecule has 0 saturated heterocycles. The second-order valence-corrected chi connectivity index (χ2v) is 7.52. The molecule has 22 heavy (non-hydrogen) atoms. The zero-order valence-electron chi connectivity index (χ0n) is 13.0. The number of aromatic nitrogens is 3. The van der Waals surface area contributed by atoms with Gasteiger partial charge in [0, 0.05) is 35.5 Å². The van der Waals surface area contributed by atoms with Crippen molar-refractivity contribution in [3.8, 4) is 17.0 Å². The maximum atomic E-state index is 12.2. The lowest BCUT2D eigenvalue weighted by Gasteiger charge is -2.20. The van der Waals surface area contributed by atoms with Crippen LogP contribution >= 0.6 is 11.8 Å². The molecule has 6 heteroatoms. The van der Waals surface area contributed by atoms with Gasteiger partial charge in [0.05, 0.1) is 11.4 Å². The first kappa shape index (κ1) is 15.1. The van der Waals surface area contributed by atoms with Crippen LogP contribution < -0.4 is 5.56 Å². The number of hydrogen-bond acceptors (Lipinski definition) is 5. The maximum Gasteiger partial charge on any atom is 0.254 e. The molecule has 0 aliphatic carbocycles. The van der Waals surface area contributed by atoms with Gasteiger partial charge in [-0.25, -0.2) is 4.98 Å². The molecule has 0 amide bonds. The molecule has 2 aromatic heterocycles. The fourth-order valence-corrected chi connectivity index (χ4v) is 3.46. The normalized spacial score (nSPS) is 14.7. The van der Waals surface area contributed by atoms with Gasteiger partial charge in [0.1, 0.15) is 5.75 Å². The Morgan fingerprint density at radius 2 is 2.09 bits per heavy atom. The number of aromatic hydroxyl groups is 1. The van der Waals surface area contributed by atoms with E-state index in [4.69, 9.17) is 0 Å². The third-order valence-electron chi connectivity index (χ3n) is 3.60. The zero-order valence-corrected chi connectivity index (χ0v) is 13.8. The van der Waals surface area contributed by atoms with Crippen LogP contribution in [0.5, 0.6) is 5.75 Å². The average Bonchev–Trinajstić information content (AvgIpc) is 2.46. The van der Waals surface area contributed by atoms with E-state index >= 15 is 0 Å². The van der Waals surface area contributed by atoms with E-state index in [9.17, 15) is 9.90 Å². The Morgan fingerprint density at radius 1 is 1.32 bits per heavy atom. The predicted octanol–water partition coefficient (Wildman–Crippen LogP) is 2.80. The molecule has 0 bridgehead atoms. The van der Waals surface area contributed by atoms with Crippen molar-refractivity contribution in [2.45, 2.75) is 44.3 Å². The van der Waals surface area contributed by atoms with Gasteiger partial charge in [-0.3, -0.25) is 14.3 Å². The Bertz CT molecular complexity index is 778. The van der Waals surface area contributed by atoms with Crippen LogP contribution in [0.4, 0.5) is 0 Å². The molecule has 2 aromatic rings. The van der Waals surface area contributed by atoms with Gasteiger partial charge >= 0.3 is 0 Å². The first-order valence-corrected chi connectivity index (χ1v) is 8.29. The van der Waals surface area contributed by atoms with E-state index in [-0.39, 0.29) is 16.7 Å². The second kappa shape index (κ2) is 5.43. The molecule has 1 N–H and O–H groups in total. The number of hydrogen-bond donors (Lipinski definition) is 1. The first-order chi connectivity index (χ1) is 10.4. The summed E-state index contributed by atoms with van der Waals surface area (Å²) in [5, 5.41) is 11.0. The van der Waals surface area contributed by atoms with Crippen molar-refractivity contribution >= 4 is 11.8 Å². The predicted molar refractivity (Wildman–Crippen MR) is 87.4 cm³/mol. The van der Waals surface area contributed by atoms with Gasteiger partial charge in [0.25, 0.3) is 5.56 Å². The van der Waals surface area contributed by atoms with E-state index in [1.165, 1.54) is 6.07 Å². The van der Waals surface area contributed by atoms with Crippen molar-refractivity contribution in [3.05, 3.63) is 34.4 Å². The van der Waals surface area contributed by atoms with E-state index in [1.807, 2.05) is 20.8 Å². The van der Waals surface area contributed by atoms with Crippen molar-refractivity contribution < 1.29 is 5.11 Å². The summed E-state index contributed by atoms with van der Waals surface area (Å²) in [5.74, 6) is 1.11. The topological polar surface area (TPSA) is 68.0 Å². The van der Waals surface area contributed by atoms with Gasteiger partial charge < -0.3 is 5.11 Å². The summed E-state index contributed by atoms with van der Waals surface area (Å²) in [4.78, 5) is 21.1. The minimum absolute atomic E-state index is 0.0495. The summed E-state index contributed by atoms with van der Waals surface area (Å²) >= 11 is 1.59. The van der Waals surface area contributed by atoms with Crippen molar-refractivity contribution in [1.82, 2.24) is 14.5 Å². The molecule has 0 saturated carbocycles. The minimum Gasteiger partial charge on any atom is -0.506 e. The lowest BCUT2D eigenvalue weighted by molar-refractivity contribution is 0.438. The van der Waals surface area contributed by atoms with E-state index < -0.39 is 0 Å². The lowest BCUT2D eigenvalue weighted by atomic mass is 9.90. The van der Waals surface area contributed by atoms with Crippen LogP contribution in [0, 0.1) is 0 Å². The summed E-state index contributed by atoms with van der Waals surface area (Å²) < 4.78 is 1.70. The largest absolute Gasteiger partial charge is 0.506 e. The van der Waals surface area contributed by atoms with Crippen LogP contribution in [0.1, 0.15) is 32.9 Å². The number of fused-ring (bicyclic) bond motifs is 1. The Labute approximate surface area is 133 Å². The molecular weight excluding hydrogens is 298 g/mol. The van der Waals surface area contributed by atoms with Crippen LogP contribution in [0.2, 0.25) is 0 Å². The van der Waals surface area contributed by atoms with E-state index in [2.05, 4.69) is 9.97 Å². The van der Waals surface area contributed by atoms with Crippen LogP contribution in [0.25, 0.3) is 11.3 Å². The first-order valence-electron chi connectivity index (χ1n) is 7.31. The smallest absolute Gasteiger partial charge is 0.254 e. The average molecular weight is 317 g/mol. The van der Waals surface area contributed by atoms with E-state index in [0.717, 1.165) is 23.9 Å². The summed E-state index contributed by atoms with van der Waals surface area (Å²) in [7, 11) is 0. The molecule has 1 aliphatic rings. The quantitative estimate of drug-likeness (QED) is 0.819. The lowest BCUT2D eigenvalue weighted by Crippen LogP contribution is -2.25. The standard InChI is InChI=1S/C16H19N3O2S/c1-16(2,3)14-12(20)7-10(9-17-14)11-8-13(21)19-5-4-6-22-15(19)18-11/h7-9,20H,4-6H2,1-3H3. The zero-order chi connectivity index (χ0) is 15.9. The summed E-state index contributed by atoms with van der Waals surface area (Å²) in [5.41, 5.74) is 1.58. The van der Waals surface area contributed by atoms with Crippen molar-refractivity contribution in [2.75, 3.05) is 5.75 Å². The van der Waals surface area contributed by atoms with Crippen molar-refractivity contribution in [1.29, 1.82) is 0 Å². The highest BCUT2D eigenvalue weighted by molar-refractivity contribution is 7.99. The Hall–Kier alpha value is -1.82. The third-order valence-corrected chi connectivity index (χ3v) is 4.67. The van der Waals surface area contributed by atoms with Gasteiger partial charge in [0.2, 0.25) is 0 Å². The molecule has 0 fully saturated rings. The molecule has 0 unspecified atom stereocenters. The molecule has 0 aromatic carbocycles. The monoisotopic (exact) mass is 317 g/mol. The third kappa shape index (κ3) is 2.75. The van der Waals surface area contributed by atoms with Gasteiger partial charge in [-0.2, -0.15) is 0 Å². The highest BCUT2D eigenvalue weighted by Crippen LogP contribution is 2.32. The van der Waals surface area contributed by atoms with E-state index in [0.29, 0.717) is 17.0 Å². The van der Waals surface area contributed by atoms with Crippen LogP contribution in [0.15, 0.2) is 28.3 Å². The Balaban J connectivity index is 2.07. The van der Waals surface area contributed by atoms with Crippen LogP contribution in [0.3, 0.4) is 0 Å². The Kier molecular flexibility index (Phi) is 3.72. The highest BCUT2D eigenvalue weighted by atomic mass is 32.2. The molecule has 1 aliphatic heterocycles. The van der Waals surface area contributed by atoms with Crippen molar-refractivity contribution in [3.63, 3.8) is 0 Å². The molecular formula is C16H19N3O2S. The minimum atomic E-state index is -0.235. The number of thioether (sulfide) groups is 1. The summed E-state index contributed by atoms with van der Waals surface area (Å²) in [6.45, 7) is 6.71. The Morgan fingerprint density at radius 3 is 2.77 bits per heavy atom. The van der Waals surface area contributed by atoms with Crippen molar-refractivity contribution in [2.24, 2.45) is 0 Å². The maximum absolute atomic E-state index is 12.2. The molecule has 5 nitrogen and oxygen atoms in total. The number of rotatable bonds is 1. The van der Waals surface area contributed by atoms with Crippen LogP contribution in [-0.4, -0.2) is 25.4 Å². The molecule has 3 heterocycles.